The summed E-state index contributed by atoms with van der Waals surface area (Å²) in [6.07, 6.45) is 4.55. The van der Waals surface area contributed by atoms with Gasteiger partial charge in [0.25, 0.3) is 0 Å². The van der Waals surface area contributed by atoms with Gasteiger partial charge in [0.2, 0.25) is 0 Å². The van der Waals surface area contributed by atoms with Crippen molar-refractivity contribution in [3.05, 3.63) is 48.0 Å². The predicted molar refractivity (Wildman–Crippen MR) is 71.6 cm³/mol. The van der Waals surface area contributed by atoms with Crippen LogP contribution in [0.4, 0.5) is 0 Å². The highest BCUT2D eigenvalue weighted by atomic mass is 16.6. The van der Waals surface area contributed by atoms with Crippen molar-refractivity contribution in [2.75, 3.05) is 6.61 Å². The highest BCUT2D eigenvalue weighted by molar-refractivity contribution is 5.82. The van der Waals surface area contributed by atoms with Gasteiger partial charge in [-0.2, -0.15) is 0 Å². The van der Waals surface area contributed by atoms with E-state index in [4.69, 9.17) is 5.90 Å². The Balaban J connectivity index is 1.90. The molecule has 17 heavy (non-hydrogen) atoms. The monoisotopic (exact) mass is 229 g/mol. The van der Waals surface area contributed by atoms with Crippen molar-refractivity contribution in [3.8, 4) is 0 Å². The first-order chi connectivity index (χ1) is 8.40. The molecule has 0 saturated heterocycles. The van der Waals surface area contributed by atoms with Gasteiger partial charge in [-0.05, 0) is 35.6 Å². The van der Waals surface area contributed by atoms with E-state index in [2.05, 4.69) is 47.3 Å². The molecule has 0 heterocycles. The molecule has 0 amide bonds. The van der Waals surface area contributed by atoms with E-state index in [1.54, 1.807) is 0 Å². The van der Waals surface area contributed by atoms with Gasteiger partial charge in [0, 0.05) is 0 Å². The lowest BCUT2D eigenvalue weighted by Gasteiger charge is -2.04. The van der Waals surface area contributed by atoms with Crippen LogP contribution in [0.3, 0.4) is 0 Å². The molecule has 0 aliphatic rings. The van der Waals surface area contributed by atoms with Crippen LogP contribution in [0.5, 0.6) is 0 Å². The smallest absolute Gasteiger partial charge is 0.0679 e. The van der Waals surface area contributed by atoms with E-state index in [0.717, 1.165) is 12.8 Å². The van der Waals surface area contributed by atoms with Crippen molar-refractivity contribution >= 4 is 10.8 Å². The molecule has 2 N–H and O–H groups in total. The summed E-state index contributed by atoms with van der Waals surface area (Å²) in [6, 6.07) is 15.2. The summed E-state index contributed by atoms with van der Waals surface area (Å²) in [4.78, 5) is 4.55. The van der Waals surface area contributed by atoms with Crippen molar-refractivity contribution in [3.63, 3.8) is 0 Å². The molecule has 0 unspecified atom stereocenters. The van der Waals surface area contributed by atoms with Crippen molar-refractivity contribution in [2.24, 2.45) is 5.90 Å². The molecule has 0 fully saturated rings. The predicted octanol–water partition coefficient (Wildman–Crippen LogP) is 3.44. The highest BCUT2D eigenvalue weighted by Gasteiger charge is 1.96. The zero-order valence-corrected chi connectivity index (χ0v) is 10.1. The van der Waals surface area contributed by atoms with Gasteiger partial charge in [-0.3, -0.25) is 0 Å². The average molecular weight is 229 g/mol. The second-order valence-corrected chi connectivity index (χ2v) is 4.36. The van der Waals surface area contributed by atoms with Crippen LogP contribution in [0.15, 0.2) is 42.5 Å². The minimum atomic E-state index is 0.664. The lowest BCUT2D eigenvalue weighted by molar-refractivity contribution is 0.133. The van der Waals surface area contributed by atoms with Crippen LogP contribution < -0.4 is 5.90 Å². The quantitative estimate of drug-likeness (QED) is 0.608. The van der Waals surface area contributed by atoms with E-state index >= 15 is 0 Å². The molecule has 0 saturated carbocycles. The minimum absolute atomic E-state index is 0.664. The Bertz CT molecular complexity index is 467. The molecular weight excluding hydrogens is 210 g/mol. The standard InChI is InChI=1S/C15H19NO/c16-17-11-5-1-2-6-13-9-10-14-7-3-4-8-15(14)12-13/h3-4,7-10,12H,1-2,5-6,11,16H2. The lowest BCUT2D eigenvalue weighted by atomic mass is 10.0. The number of hydrogen-bond donors (Lipinski definition) is 1. The summed E-state index contributed by atoms with van der Waals surface area (Å²) in [5.41, 5.74) is 1.41. The molecule has 0 aliphatic carbocycles. The normalized spacial score (nSPS) is 10.9. The van der Waals surface area contributed by atoms with E-state index < -0.39 is 0 Å². The zero-order chi connectivity index (χ0) is 11.9. The Hall–Kier alpha value is -1.38. The van der Waals surface area contributed by atoms with Gasteiger partial charge in [0.15, 0.2) is 0 Å². The van der Waals surface area contributed by atoms with Crippen molar-refractivity contribution < 1.29 is 4.84 Å². The maximum atomic E-state index is 4.98. The Kier molecular flexibility index (Phi) is 4.54. The Morgan fingerprint density at radius 3 is 2.53 bits per heavy atom. The van der Waals surface area contributed by atoms with Gasteiger partial charge in [0.1, 0.15) is 0 Å². The summed E-state index contributed by atoms with van der Waals surface area (Å²) in [6.45, 7) is 0.664. The second kappa shape index (κ2) is 6.38. The average Bonchev–Trinajstić information content (AvgIpc) is 2.38. The van der Waals surface area contributed by atoms with Gasteiger partial charge in [0.05, 0.1) is 6.61 Å². The fourth-order valence-corrected chi connectivity index (χ4v) is 2.09. The van der Waals surface area contributed by atoms with Gasteiger partial charge in [-0.25, -0.2) is 5.90 Å². The largest absolute Gasteiger partial charge is 0.305 e. The molecule has 2 heteroatoms. The highest BCUT2D eigenvalue weighted by Crippen LogP contribution is 2.17. The number of unbranched alkanes of at least 4 members (excludes halogenated alkanes) is 2. The summed E-state index contributed by atoms with van der Waals surface area (Å²) in [5, 5.41) is 2.64. The van der Waals surface area contributed by atoms with Crippen LogP contribution in [0, 0.1) is 0 Å². The third-order valence-corrected chi connectivity index (χ3v) is 3.04. The number of rotatable bonds is 6. The van der Waals surface area contributed by atoms with Gasteiger partial charge < -0.3 is 4.84 Å². The van der Waals surface area contributed by atoms with Crippen LogP contribution >= 0.6 is 0 Å². The number of hydrogen-bond acceptors (Lipinski definition) is 2. The summed E-state index contributed by atoms with van der Waals surface area (Å²) in [7, 11) is 0. The Morgan fingerprint density at radius 1 is 0.882 bits per heavy atom. The van der Waals surface area contributed by atoms with Crippen LogP contribution in [-0.4, -0.2) is 6.61 Å². The Labute approximate surface area is 102 Å². The first-order valence-corrected chi connectivity index (χ1v) is 6.19. The molecule has 0 aromatic heterocycles. The minimum Gasteiger partial charge on any atom is -0.305 e. The van der Waals surface area contributed by atoms with Gasteiger partial charge in [-0.1, -0.05) is 48.9 Å². The second-order valence-electron chi connectivity index (χ2n) is 4.36. The van der Waals surface area contributed by atoms with E-state index in [-0.39, 0.29) is 0 Å². The van der Waals surface area contributed by atoms with E-state index in [0.29, 0.717) is 6.61 Å². The molecule has 0 spiro atoms. The van der Waals surface area contributed by atoms with E-state index in [9.17, 15) is 0 Å². The first-order valence-electron chi connectivity index (χ1n) is 6.19. The third kappa shape index (κ3) is 3.55. The molecule has 0 bridgehead atoms. The van der Waals surface area contributed by atoms with Crippen molar-refractivity contribution in [2.45, 2.75) is 25.7 Å². The fourth-order valence-electron chi connectivity index (χ4n) is 2.09. The third-order valence-electron chi connectivity index (χ3n) is 3.04. The molecule has 2 nitrogen and oxygen atoms in total. The SMILES string of the molecule is NOCCCCCc1ccc2ccccc2c1. The Morgan fingerprint density at radius 2 is 1.71 bits per heavy atom. The van der Waals surface area contributed by atoms with E-state index in [1.807, 2.05) is 0 Å². The first kappa shape index (κ1) is 12.1. The van der Waals surface area contributed by atoms with Gasteiger partial charge >= 0.3 is 0 Å². The summed E-state index contributed by atoms with van der Waals surface area (Å²) in [5.74, 6) is 4.98. The van der Waals surface area contributed by atoms with Crippen molar-refractivity contribution in [1.82, 2.24) is 0 Å². The molecule has 0 atom stereocenters. The molecule has 2 aromatic carbocycles. The molecular formula is C15H19NO. The molecule has 2 aromatic rings. The topological polar surface area (TPSA) is 35.2 Å². The van der Waals surface area contributed by atoms with Crippen molar-refractivity contribution in [1.29, 1.82) is 0 Å². The molecule has 0 aliphatic heterocycles. The number of benzene rings is 2. The van der Waals surface area contributed by atoms with E-state index in [1.165, 1.54) is 29.2 Å². The van der Waals surface area contributed by atoms with Crippen LogP contribution in [0.25, 0.3) is 10.8 Å². The fraction of sp³-hybridized carbons (Fsp3) is 0.333. The van der Waals surface area contributed by atoms with Crippen LogP contribution in [0.1, 0.15) is 24.8 Å². The molecule has 2 rings (SSSR count). The number of fused-ring (bicyclic) bond motifs is 1. The summed E-state index contributed by atoms with van der Waals surface area (Å²) < 4.78 is 0. The van der Waals surface area contributed by atoms with Crippen LogP contribution in [0.2, 0.25) is 0 Å². The van der Waals surface area contributed by atoms with Crippen LogP contribution in [-0.2, 0) is 11.3 Å². The molecule has 0 radical (unpaired) electrons. The molecule has 90 valence electrons. The number of aryl methyl sites for hydroxylation is 1. The number of nitrogens with two attached hydrogens (primary N) is 1. The summed E-state index contributed by atoms with van der Waals surface area (Å²) >= 11 is 0. The maximum absolute atomic E-state index is 4.98. The zero-order valence-electron chi connectivity index (χ0n) is 10.1. The van der Waals surface area contributed by atoms with Gasteiger partial charge in [-0.15, -0.1) is 0 Å². The maximum Gasteiger partial charge on any atom is 0.0679 e. The lowest BCUT2D eigenvalue weighted by Crippen LogP contribution is -2.00.